The molecule has 0 radical (unpaired) electrons. The number of amides is 2. The van der Waals surface area contributed by atoms with Gasteiger partial charge in [0.15, 0.2) is 5.65 Å². The van der Waals surface area contributed by atoms with Gasteiger partial charge in [0, 0.05) is 37.8 Å². The highest BCUT2D eigenvalue weighted by atomic mass is 16.2. The van der Waals surface area contributed by atoms with Gasteiger partial charge in [0.2, 0.25) is 5.95 Å². The standard InChI is InChI=1S/C19H22N8O/c1-13-11-16(24-18(20)28)23-17-15(13)12-22-19(25-17)27(14-5-3-2-4-6-14)26-9-7-21-8-10-26/h2-6,11-12,21H,7-10H2,1H3,(H3,20,22,23,24,25,28). The van der Waals surface area contributed by atoms with Crippen LogP contribution in [0.25, 0.3) is 11.0 Å². The van der Waals surface area contributed by atoms with E-state index in [2.05, 4.69) is 25.6 Å². The number of aryl methyl sites for hydroxylation is 1. The first-order valence-electron chi connectivity index (χ1n) is 9.13. The van der Waals surface area contributed by atoms with Gasteiger partial charge in [0.1, 0.15) is 5.82 Å². The number of para-hydroxylation sites is 1. The second kappa shape index (κ2) is 7.75. The Bertz CT molecular complexity index is 988. The van der Waals surface area contributed by atoms with E-state index in [9.17, 15) is 4.79 Å². The number of carbonyl (C=O) groups is 1. The number of nitrogens with two attached hydrogens (primary N) is 1. The third kappa shape index (κ3) is 3.71. The number of pyridine rings is 1. The molecule has 3 heterocycles. The fourth-order valence-corrected chi connectivity index (χ4v) is 3.28. The van der Waals surface area contributed by atoms with Crippen LogP contribution in [-0.2, 0) is 0 Å². The summed E-state index contributed by atoms with van der Waals surface area (Å²) in [5, 5.41) is 10.9. The monoisotopic (exact) mass is 378 g/mol. The average molecular weight is 378 g/mol. The van der Waals surface area contributed by atoms with Gasteiger partial charge in [0.05, 0.1) is 5.69 Å². The molecule has 3 aromatic rings. The van der Waals surface area contributed by atoms with E-state index in [4.69, 9.17) is 10.7 Å². The number of nitrogens with zero attached hydrogens (tertiary/aromatic N) is 5. The van der Waals surface area contributed by atoms with Crippen molar-refractivity contribution in [2.24, 2.45) is 5.73 Å². The summed E-state index contributed by atoms with van der Waals surface area (Å²) in [7, 11) is 0. The molecule has 28 heavy (non-hydrogen) atoms. The number of rotatable bonds is 4. The summed E-state index contributed by atoms with van der Waals surface area (Å²) in [6.07, 6.45) is 1.77. The van der Waals surface area contributed by atoms with Crippen molar-refractivity contribution in [3.63, 3.8) is 0 Å². The number of primary amides is 1. The Labute approximate surface area is 162 Å². The molecule has 144 valence electrons. The highest BCUT2D eigenvalue weighted by Crippen LogP contribution is 2.27. The quantitative estimate of drug-likeness (QED) is 0.634. The first kappa shape index (κ1) is 18.1. The summed E-state index contributed by atoms with van der Waals surface area (Å²) < 4.78 is 0. The van der Waals surface area contributed by atoms with E-state index < -0.39 is 6.03 Å². The fraction of sp³-hybridized carbons (Fsp3) is 0.263. The van der Waals surface area contributed by atoms with Gasteiger partial charge < -0.3 is 11.1 Å². The maximum atomic E-state index is 11.2. The zero-order chi connectivity index (χ0) is 19.5. The van der Waals surface area contributed by atoms with Crippen LogP contribution >= 0.6 is 0 Å². The lowest BCUT2D eigenvalue weighted by atomic mass is 10.2. The van der Waals surface area contributed by atoms with Crippen LogP contribution in [0.5, 0.6) is 0 Å². The molecule has 1 aliphatic rings. The second-order valence-corrected chi connectivity index (χ2v) is 6.57. The van der Waals surface area contributed by atoms with E-state index >= 15 is 0 Å². The number of benzene rings is 1. The molecule has 9 heteroatoms. The zero-order valence-corrected chi connectivity index (χ0v) is 15.6. The van der Waals surface area contributed by atoms with Crippen molar-refractivity contribution in [2.75, 3.05) is 36.5 Å². The maximum Gasteiger partial charge on any atom is 0.317 e. The van der Waals surface area contributed by atoms with Gasteiger partial charge in [-0.2, -0.15) is 4.98 Å². The molecule has 2 amide bonds. The van der Waals surface area contributed by atoms with Crippen molar-refractivity contribution in [1.82, 2.24) is 25.3 Å². The number of urea groups is 1. The van der Waals surface area contributed by atoms with Gasteiger partial charge in [0.25, 0.3) is 0 Å². The largest absolute Gasteiger partial charge is 0.351 e. The highest BCUT2D eigenvalue weighted by Gasteiger charge is 2.23. The van der Waals surface area contributed by atoms with E-state index in [1.165, 1.54) is 0 Å². The van der Waals surface area contributed by atoms with E-state index in [1.807, 2.05) is 42.3 Å². The van der Waals surface area contributed by atoms with Gasteiger partial charge in [-0.1, -0.05) is 18.2 Å². The summed E-state index contributed by atoms with van der Waals surface area (Å²) in [5.74, 6) is 0.902. The number of hydrogen-bond donors (Lipinski definition) is 3. The first-order valence-corrected chi connectivity index (χ1v) is 9.13. The third-order valence-electron chi connectivity index (χ3n) is 4.58. The lowest BCUT2D eigenvalue weighted by Crippen LogP contribution is -2.51. The SMILES string of the molecule is Cc1cc(NC(N)=O)nc2nc(N(c3ccccc3)N3CCNCC3)ncc12. The summed E-state index contributed by atoms with van der Waals surface area (Å²) in [6, 6.07) is 11.1. The molecule has 1 aliphatic heterocycles. The lowest BCUT2D eigenvalue weighted by Gasteiger charge is -2.37. The number of carbonyl (C=O) groups excluding carboxylic acids is 1. The van der Waals surface area contributed by atoms with Crippen molar-refractivity contribution in [2.45, 2.75) is 6.92 Å². The number of fused-ring (bicyclic) bond motifs is 1. The summed E-state index contributed by atoms with van der Waals surface area (Å²) in [6.45, 7) is 5.38. The van der Waals surface area contributed by atoms with Crippen molar-refractivity contribution in [3.8, 4) is 0 Å². The van der Waals surface area contributed by atoms with Gasteiger partial charge >= 0.3 is 6.03 Å². The highest BCUT2D eigenvalue weighted by molar-refractivity contribution is 5.89. The fourth-order valence-electron chi connectivity index (χ4n) is 3.28. The average Bonchev–Trinajstić information content (AvgIpc) is 2.69. The van der Waals surface area contributed by atoms with E-state index in [-0.39, 0.29) is 0 Å². The molecule has 2 aromatic heterocycles. The van der Waals surface area contributed by atoms with Crippen molar-refractivity contribution >= 4 is 34.5 Å². The summed E-state index contributed by atoms with van der Waals surface area (Å²) >= 11 is 0. The molecule has 4 rings (SSSR count). The molecule has 1 aromatic carbocycles. The topological polar surface area (TPSA) is 112 Å². The smallest absolute Gasteiger partial charge is 0.317 e. The van der Waals surface area contributed by atoms with Crippen LogP contribution in [0, 0.1) is 6.92 Å². The maximum absolute atomic E-state index is 11.2. The molecular formula is C19H22N8O. The Balaban J connectivity index is 1.80. The Morgan fingerprint density at radius 2 is 1.96 bits per heavy atom. The predicted molar refractivity (Wildman–Crippen MR) is 108 cm³/mol. The van der Waals surface area contributed by atoms with Crippen LogP contribution < -0.4 is 21.4 Å². The minimum atomic E-state index is -0.660. The third-order valence-corrected chi connectivity index (χ3v) is 4.58. The Hall–Kier alpha value is -3.30. The van der Waals surface area contributed by atoms with Gasteiger partial charge in [-0.15, -0.1) is 0 Å². The molecule has 0 spiro atoms. The van der Waals surface area contributed by atoms with Crippen molar-refractivity contribution < 1.29 is 4.79 Å². The van der Waals surface area contributed by atoms with E-state index in [0.717, 1.165) is 42.8 Å². The zero-order valence-electron chi connectivity index (χ0n) is 15.6. The van der Waals surface area contributed by atoms with E-state index in [1.54, 1.807) is 12.3 Å². The normalized spacial score (nSPS) is 14.8. The molecule has 0 aliphatic carbocycles. The number of piperazine rings is 1. The minimum absolute atomic E-state index is 0.371. The molecule has 1 saturated heterocycles. The molecular weight excluding hydrogens is 356 g/mol. The number of hydrogen-bond acceptors (Lipinski definition) is 7. The number of hydrazine groups is 1. The number of nitrogens with one attached hydrogen (secondary N) is 2. The Morgan fingerprint density at radius 1 is 1.21 bits per heavy atom. The molecule has 0 saturated carbocycles. The summed E-state index contributed by atoms with van der Waals surface area (Å²) in [5.41, 5.74) is 7.62. The van der Waals surface area contributed by atoms with Crippen LogP contribution in [-0.4, -0.2) is 52.2 Å². The van der Waals surface area contributed by atoms with E-state index in [0.29, 0.717) is 17.4 Å². The van der Waals surface area contributed by atoms with Crippen LogP contribution in [0.15, 0.2) is 42.6 Å². The van der Waals surface area contributed by atoms with Gasteiger partial charge in [-0.05, 0) is 30.7 Å². The molecule has 4 N–H and O–H groups in total. The van der Waals surface area contributed by atoms with Crippen LogP contribution in [0.2, 0.25) is 0 Å². The minimum Gasteiger partial charge on any atom is -0.351 e. The molecule has 9 nitrogen and oxygen atoms in total. The predicted octanol–water partition coefficient (Wildman–Crippen LogP) is 1.78. The lowest BCUT2D eigenvalue weighted by molar-refractivity contribution is 0.240. The van der Waals surface area contributed by atoms with Crippen molar-refractivity contribution in [1.29, 1.82) is 0 Å². The second-order valence-electron chi connectivity index (χ2n) is 6.57. The van der Waals surface area contributed by atoms with Gasteiger partial charge in [-0.3, -0.25) is 5.32 Å². The first-order chi connectivity index (χ1) is 13.6. The number of anilines is 3. The number of aromatic nitrogens is 3. The van der Waals surface area contributed by atoms with Gasteiger partial charge in [-0.25, -0.2) is 24.8 Å². The molecule has 0 bridgehead atoms. The Morgan fingerprint density at radius 3 is 2.68 bits per heavy atom. The van der Waals surface area contributed by atoms with Crippen LogP contribution in [0.1, 0.15) is 5.56 Å². The van der Waals surface area contributed by atoms with Crippen LogP contribution in [0.3, 0.4) is 0 Å². The van der Waals surface area contributed by atoms with Crippen LogP contribution in [0.4, 0.5) is 22.2 Å². The molecule has 0 atom stereocenters. The molecule has 1 fully saturated rings. The Kier molecular flexibility index (Phi) is 5.00. The summed E-state index contributed by atoms with van der Waals surface area (Å²) in [4.78, 5) is 25.0. The van der Waals surface area contributed by atoms with Crippen molar-refractivity contribution in [3.05, 3.63) is 48.2 Å². The molecule has 0 unspecified atom stereocenters.